The fraction of sp³-hybridized carbons (Fsp3) is 0.286. The minimum Gasteiger partial charge on any atom is -0.340 e. The Morgan fingerprint density at radius 3 is 2.33 bits per heavy atom. The molecular formula is C21H22F3N3O2S. The van der Waals surface area contributed by atoms with E-state index in [1.54, 1.807) is 29.2 Å². The van der Waals surface area contributed by atoms with Crippen LogP contribution in [0.1, 0.15) is 29.5 Å². The fourth-order valence-electron chi connectivity index (χ4n) is 3.26. The number of hydrogen-bond donors (Lipinski definition) is 1. The molecule has 160 valence electrons. The van der Waals surface area contributed by atoms with Crippen molar-refractivity contribution in [1.82, 2.24) is 14.3 Å². The molecule has 0 spiro atoms. The standard InChI is InChI=1S/C21H22F3N3O2S/c1-14(15-4-7-17(8-5-15)21(22,23)24)10-16-6-9-18(30(28,29)25-2)11-19(16)20-12-27(3)13-26-20/h4-9,11-14,25H,10H2,1-3H3/t14-/m1/s1. The minimum atomic E-state index is -4.37. The molecule has 3 aromatic rings. The number of nitrogens with one attached hydrogen (secondary N) is 1. The summed E-state index contributed by atoms with van der Waals surface area (Å²) in [6.45, 7) is 1.92. The predicted molar refractivity (Wildman–Crippen MR) is 108 cm³/mol. The van der Waals surface area contributed by atoms with Gasteiger partial charge in [-0.25, -0.2) is 18.1 Å². The molecule has 1 atom stereocenters. The Kier molecular flexibility index (Phi) is 6.05. The number of benzene rings is 2. The molecule has 0 saturated carbocycles. The second-order valence-electron chi connectivity index (χ2n) is 7.18. The zero-order valence-corrected chi connectivity index (χ0v) is 17.6. The van der Waals surface area contributed by atoms with Crippen LogP contribution in [-0.4, -0.2) is 25.0 Å². The van der Waals surface area contributed by atoms with E-state index in [1.165, 1.54) is 25.2 Å². The maximum Gasteiger partial charge on any atom is 0.416 e. The van der Waals surface area contributed by atoms with Gasteiger partial charge in [-0.2, -0.15) is 13.2 Å². The number of sulfonamides is 1. The van der Waals surface area contributed by atoms with Crippen LogP contribution in [0.3, 0.4) is 0 Å². The van der Waals surface area contributed by atoms with Gasteiger partial charge in [0.2, 0.25) is 10.0 Å². The summed E-state index contributed by atoms with van der Waals surface area (Å²) in [5.41, 5.74) is 2.23. The Balaban J connectivity index is 1.96. The third-order valence-electron chi connectivity index (χ3n) is 4.97. The Morgan fingerprint density at radius 2 is 1.80 bits per heavy atom. The van der Waals surface area contributed by atoms with Crippen LogP contribution in [-0.2, 0) is 29.7 Å². The van der Waals surface area contributed by atoms with E-state index in [0.29, 0.717) is 17.7 Å². The van der Waals surface area contributed by atoms with Gasteiger partial charge in [-0.05, 0) is 54.8 Å². The third kappa shape index (κ3) is 4.73. The number of alkyl halides is 3. The molecule has 0 unspecified atom stereocenters. The van der Waals surface area contributed by atoms with E-state index in [9.17, 15) is 21.6 Å². The van der Waals surface area contributed by atoms with Crippen molar-refractivity contribution in [2.45, 2.75) is 30.3 Å². The van der Waals surface area contributed by atoms with Gasteiger partial charge in [0.05, 0.1) is 22.5 Å². The summed E-state index contributed by atoms with van der Waals surface area (Å²) in [4.78, 5) is 4.46. The first-order chi connectivity index (χ1) is 14.0. The van der Waals surface area contributed by atoms with Crippen LogP contribution in [0.25, 0.3) is 11.3 Å². The van der Waals surface area contributed by atoms with Gasteiger partial charge in [-0.1, -0.05) is 25.1 Å². The molecule has 0 bridgehead atoms. The highest BCUT2D eigenvalue weighted by Gasteiger charge is 2.30. The van der Waals surface area contributed by atoms with Crippen LogP contribution in [0.2, 0.25) is 0 Å². The molecule has 5 nitrogen and oxygen atoms in total. The van der Waals surface area contributed by atoms with Gasteiger partial charge in [-0.15, -0.1) is 0 Å². The maximum absolute atomic E-state index is 12.8. The van der Waals surface area contributed by atoms with Gasteiger partial charge < -0.3 is 4.57 Å². The number of aromatic nitrogens is 2. The number of halogens is 3. The highest BCUT2D eigenvalue weighted by Crippen LogP contribution is 2.33. The monoisotopic (exact) mass is 437 g/mol. The molecular weight excluding hydrogens is 415 g/mol. The van der Waals surface area contributed by atoms with E-state index in [0.717, 1.165) is 23.3 Å². The summed E-state index contributed by atoms with van der Waals surface area (Å²) >= 11 is 0. The van der Waals surface area contributed by atoms with Crippen LogP contribution in [0.4, 0.5) is 13.2 Å². The molecule has 0 aliphatic rings. The second kappa shape index (κ2) is 8.23. The van der Waals surface area contributed by atoms with Crippen LogP contribution in [0.5, 0.6) is 0 Å². The fourth-order valence-corrected chi connectivity index (χ4v) is 4.01. The number of hydrogen-bond acceptors (Lipinski definition) is 3. The van der Waals surface area contributed by atoms with Crippen molar-refractivity contribution in [3.63, 3.8) is 0 Å². The van der Waals surface area contributed by atoms with Crippen molar-refractivity contribution >= 4 is 10.0 Å². The van der Waals surface area contributed by atoms with Gasteiger partial charge in [0.25, 0.3) is 0 Å². The number of rotatable bonds is 6. The molecule has 2 aromatic carbocycles. The van der Waals surface area contributed by atoms with Gasteiger partial charge in [0.1, 0.15) is 0 Å². The van der Waals surface area contributed by atoms with Crippen LogP contribution >= 0.6 is 0 Å². The predicted octanol–water partition coefficient (Wildman–Crippen LogP) is 4.36. The van der Waals surface area contributed by atoms with Crippen LogP contribution < -0.4 is 4.72 Å². The first-order valence-electron chi connectivity index (χ1n) is 9.23. The van der Waals surface area contributed by atoms with Crippen LogP contribution in [0.15, 0.2) is 59.9 Å². The molecule has 9 heteroatoms. The molecule has 0 saturated heterocycles. The molecule has 3 rings (SSSR count). The van der Waals surface area contributed by atoms with Crippen molar-refractivity contribution in [1.29, 1.82) is 0 Å². The molecule has 0 amide bonds. The third-order valence-corrected chi connectivity index (χ3v) is 6.39. The van der Waals surface area contributed by atoms with E-state index < -0.39 is 21.8 Å². The highest BCUT2D eigenvalue weighted by atomic mass is 32.2. The summed E-state index contributed by atoms with van der Waals surface area (Å²) in [6.07, 6.45) is -0.450. The summed E-state index contributed by atoms with van der Waals surface area (Å²) in [5, 5.41) is 0. The van der Waals surface area contributed by atoms with Crippen molar-refractivity contribution in [3.05, 3.63) is 71.7 Å². The Labute approximate surface area is 173 Å². The second-order valence-corrected chi connectivity index (χ2v) is 9.06. The molecule has 30 heavy (non-hydrogen) atoms. The molecule has 0 fully saturated rings. The van der Waals surface area contributed by atoms with E-state index in [1.807, 2.05) is 14.0 Å². The molecule has 1 aromatic heterocycles. The minimum absolute atomic E-state index is 0.0819. The van der Waals surface area contributed by atoms with Crippen molar-refractivity contribution < 1.29 is 21.6 Å². The van der Waals surface area contributed by atoms with Gasteiger partial charge in [0.15, 0.2) is 0 Å². The molecule has 1 N–H and O–H groups in total. The van der Waals surface area contributed by atoms with E-state index >= 15 is 0 Å². The van der Waals surface area contributed by atoms with Gasteiger partial charge in [0, 0.05) is 18.8 Å². The first kappa shape index (κ1) is 22.0. The lowest BCUT2D eigenvalue weighted by Crippen LogP contribution is -2.18. The molecule has 1 heterocycles. The van der Waals surface area contributed by atoms with Gasteiger partial charge in [-0.3, -0.25) is 0 Å². The highest BCUT2D eigenvalue weighted by molar-refractivity contribution is 7.89. The quantitative estimate of drug-likeness (QED) is 0.623. The Morgan fingerprint density at radius 1 is 1.13 bits per heavy atom. The number of nitrogens with zero attached hydrogens (tertiary/aromatic N) is 2. The summed E-state index contributed by atoms with van der Waals surface area (Å²) in [6, 6.07) is 9.94. The average molecular weight is 437 g/mol. The molecule has 0 radical (unpaired) electrons. The van der Waals surface area contributed by atoms with Crippen molar-refractivity contribution in [2.24, 2.45) is 7.05 Å². The number of imidazole rings is 1. The van der Waals surface area contributed by atoms with E-state index in [4.69, 9.17) is 0 Å². The first-order valence-corrected chi connectivity index (χ1v) is 10.7. The summed E-state index contributed by atoms with van der Waals surface area (Å²) < 4.78 is 67.0. The van der Waals surface area contributed by atoms with E-state index in [2.05, 4.69) is 9.71 Å². The normalized spacial score (nSPS) is 13.4. The van der Waals surface area contributed by atoms with Crippen molar-refractivity contribution in [3.8, 4) is 11.3 Å². The van der Waals surface area contributed by atoms with Crippen LogP contribution in [0, 0.1) is 0 Å². The topological polar surface area (TPSA) is 64.0 Å². The zero-order valence-electron chi connectivity index (χ0n) is 16.7. The smallest absolute Gasteiger partial charge is 0.340 e. The number of aryl methyl sites for hydroxylation is 1. The summed E-state index contributed by atoms with van der Waals surface area (Å²) in [7, 11) is -0.471. The molecule has 0 aliphatic carbocycles. The zero-order chi connectivity index (χ0) is 22.1. The lowest BCUT2D eigenvalue weighted by atomic mass is 9.90. The van der Waals surface area contributed by atoms with Crippen molar-refractivity contribution in [2.75, 3.05) is 7.05 Å². The SMILES string of the molecule is CNS(=O)(=O)c1ccc(C[C@@H](C)c2ccc(C(F)(F)F)cc2)c(-c2cn(C)cn2)c1. The Hall–Kier alpha value is -2.65. The maximum atomic E-state index is 12.8. The molecule has 0 aliphatic heterocycles. The average Bonchev–Trinajstić information content (AvgIpc) is 3.13. The lowest BCUT2D eigenvalue weighted by Gasteiger charge is -2.16. The van der Waals surface area contributed by atoms with Gasteiger partial charge >= 0.3 is 6.18 Å². The Bertz CT molecular complexity index is 1140. The van der Waals surface area contributed by atoms with E-state index in [-0.39, 0.29) is 10.8 Å². The summed E-state index contributed by atoms with van der Waals surface area (Å²) in [5.74, 6) is -0.0819. The largest absolute Gasteiger partial charge is 0.416 e. The lowest BCUT2D eigenvalue weighted by molar-refractivity contribution is -0.137.